The molecule has 2 amide bonds. The quantitative estimate of drug-likeness (QED) is 0.897. The van der Waals surface area contributed by atoms with E-state index in [1.165, 1.54) is 6.92 Å². The van der Waals surface area contributed by atoms with Crippen molar-refractivity contribution >= 4 is 11.8 Å². The molecule has 3 rings (SSSR count). The highest BCUT2D eigenvalue weighted by molar-refractivity contribution is 5.87. The zero-order valence-corrected chi connectivity index (χ0v) is 13.3. The number of carbonyl (C=O) groups excluding carboxylic acids is 2. The maximum Gasteiger partial charge on any atom is 0.243 e. The number of benzene rings is 1. The number of ether oxygens (including phenoxy) is 3. The summed E-state index contributed by atoms with van der Waals surface area (Å²) in [6.07, 6.45) is 1.56. The number of methoxy groups -OCH3 is 1. The summed E-state index contributed by atoms with van der Waals surface area (Å²) in [5.74, 6) is 1.58. The van der Waals surface area contributed by atoms with Crippen molar-refractivity contribution in [3.8, 4) is 17.2 Å². The molecule has 124 valence electrons. The smallest absolute Gasteiger partial charge is 0.243 e. The fourth-order valence-corrected chi connectivity index (χ4v) is 3.01. The van der Waals surface area contributed by atoms with Gasteiger partial charge in [0.1, 0.15) is 6.04 Å². The number of hydrogen-bond donors (Lipinski definition) is 1. The van der Waals surface area contributed by atoms with Crippen molar-refractivity contribution in [2.75, 3.05) is 20.4 Å². The number of nitrogens with zero attached hydrogens (tertiary/aromatic N) is 1. The van der Waals surface area contributed by atoms with Gasteiger partial charge in [-0.3, -0.25) is 9.59 Å². The summed E-state index contributed by atoms with van der Waals surface area (Å²) in [6, 6.07) is 3.26. The summed E-state index contributed by atoms with van der Waals surface area (Å²) in [5.41, 5.74) is 0.854. The first kappa shape index (κ1) is 15.5. The molecule has 2 aliphatic rings. The summed E-state index contributed by atoms with van der Waals surface area (Å²) < 4.78 is 16.0. The van der Waals surface area contributed by atoms with Crippen LogP contribution in [-0.2, 0) is 16.1 Å². The van der Waals surface area contributed by atoms with Gasteiger partial charge in [-0.1, -0.05) is 0 Å². The summed E-state index contributed by atoms with van der Waals surface area (Å²) >= 11 is 0. The first-order valence-electron chi connectivity index (χ1n) is 7.61. The molecule has 2 heterocycles. The third-order valence-electron chi connectivity index (χ3n) is 4.14. The SMILES string of the molecule is COc1cc(CNC(=O)C2CCCN2C(C)=O)cc2c1OCO2. The third kappa shape index (κ3) is 3.04. The van der Waals surface area contributed by atoms with Crippen molar-refractivity contribution in [3.63, 3.8) is 0 Å². The van der Waals surface area contributed by atoms with E-state index in [1.807, 2.05) is 12.1 Å². The molecule has 0 aliphatic carbocycles. The van der Waals surface area contributed by atoms with Gasteiger partial charge in [0.15, 0.2) is 11.5 Å². The van der Waals surface area contributed by atoms with Crippen molar-refractivity contribution in [2.24, 2.45) is 0 Å². The lowest BCUT2D eigenvalue weighted by Crippen LogP contribution is -2.44. The number of rotatable bonds is 4. The lowest BCUT2D eigenvalue weighted by atomic mass is 10.1. The summed E-state index contributed by atoms with van der Waals surface area (Å²) in [5, 5.41) is 2.88. The second-order valence-electron chi connectivity index (χ2n) is 5.62. The van der Waals surface area contributed by atoms with Gasteiger partial charge in [0.05, 0.1) is 7.11 Å². The van der Waals surface area contributed by atoms with Crippen molar-refractivity contribution in [1.29, 1.82) is 0 Å². The largest absolute Gasteiger partial charge is 0.493 e. The first-order valence-corrected chi connectivity index (χ1v) is 7.61. The van der Waals surface area contributed by atoms with Crippen LogP contribution in [0.15, 0.2) is 12.1 Å². The van der Waals surface area contributed by atoms with Gasteiger partial charge < -0.3 is 24.4 Å². The summed E-state index contributed by atoms with van der Waals surface area (Å²) in [6.45, 7) is 2.64. The molecule has 0 bridgehead atoms. The van der Waals surface area contributed by atoms with E-state index >= 15 is 0 Å². The van der Waals surface area contributed by atoms with Gasteiger partial charge in [-0.2, -0.15) is 0 Å². The minimum Gasteiger partial charge on any atom is -0.493 e. The lowest BCUT2D eigenvalue weighted by Gasteiger charge is -2.22. The number of amides is 2. The zero-order chi connectivity index (χ0) is 16.4. The molecule has 0 spiro atoms. The Bertz CT molecular complexity index is 631. The van der Waals surface area contributed by atoms with Crippen LogP contribution in [0.2, 0.25) is 0 Å². The van der Waals surface area contributed by atoms with E-state index < -0.39 is 0 Å². The Kier molecular flexibility index (Phi) is 4.27. The average Bonchev–Trinajstić information content (AvgIpc) is 3.20. The Hall–Kier alpha value is -2.44. The van der Waals surface area contributed by atoms with Crippen LogP contribution in [0.5, 0.6) is 17.2 Å². The van der Waals surface area contributed by atoms with E-state index in [2.05, 4.69) is 5.32 Å². The number of carbonyl (C=O) groups is 2. The fraction of sp³-hybridized carbons (Fsp3) is 0.500. The van der Waals surface area contributed by atoms with Crippen LogP contribution in [0.1, 0.15) is 25.3 Å². The van der Waals surface area contributed by atoms with Crippen LogP contribution in [0, 0.1) is 0 Å². The fourth-order valence-electron chi connectivity index (χ4n) is 3.01. The molecule has 2 aliphatic heterocycles. The Morgan fingerprint density at radius 3 is 2.96 bits per heavy atom. The molecule has 7 nitrogen and oxygen atoms in total. The molecule has 23 heavy (non-hydrogen) atoms. The topological polar surface area (TPSA) is 77.1 Å². The molecule has 0 saturated carbocycles. The molecule has 0 radical (unpaired) electrons. The molecule has 0 aromatic heterocycles. The van der Waals surface area contributed by atoms with Gasteiger partial charge in [-0.25, -0.2) is 0 Å². The monoisotopic (exact) mass is 320 g/mol. The molecule has 1 unspecified atom stereocenters. The first-order chi connectivity index (χ1) is 11.1. The van der Waals surface area contributed by atoms with Crippen molar-refractivity contribution < 1.29 is 23.8 Å². The Morgan fingerprint density at radius 2 is 2.22 bits per heavy atom. The molecular weight excluding hydrogens is 300 g/mol. The highest BCUT2D eigenvalue weighted by atomic mass is 16.7. The van der Waals surface area contributed by atoms with E-state index in [9.17, 15) is 9.59 Å². The molecule has 1 saturated heterocycles. The van der Waals surface area contributed by atoms with E-state index in [-0.39, 0.29) is 24.6 Å². The Balaban J connectivity index is 1.66. The van der Waals surface area contributed by atoms with Gasteiger partial charge in [-0.05, 0) is 30.5 Å². The Labute approximate surface area is 134 Å². The predicted molar refractivity (Wildman–Crippen MR) is 81.4 cm³/mol. The van der Waals surface area contributed by atoms with E-state index in [4.69, 9.17) is 14.2 Å². The van der Waals surface area contributed by atoms with E-state index in [0.29, 0.717) is 36.8 Å². The van der Waals surface area contributed by atoms with Gasteiger partial charge >= 0.3 is 0 Å². The maximum absolute atomic E-state index is 12.3. The van der Waals surface area contributed by atoms with E-state index in [0.717, 1.165) is 12.0 Å². The summed E-state index contributed by atoms with van der Waals surface area (Å²) in [7, 11) is 1.56. The van der Waals surface area contributed by atoms with Gasteiger partial charge in [0, 0.05) is 20.0 Å². The normalized spacial score (nSPS) is 18.9. The van der Waals surface area contributed by atoms with Crippen LogP contribution < -0.4 is 19.5 Å². The standard InChI is InChI=1S/C16H20N2O5/c1-10(19)18-5-3-4-12(18)16(20)17-8-11-6-13(21-2)15-14(7-11)22-9-23-15/h6-7,12H,3-5,8-9H2,1-2H3,(H,17,20). The van der Waals surface area contributed by atoms with Crippen molar-refractivity contribution in [1.82, 2.24) is 10.2 Å². The Morgan fingerprint density at radius 1 is 1.39 bits per heavy atom. The highest BCUT2D eigenvalue weighted by Crippen LogP contribution is 2.41. The van der Waals surface area contributed by atoms with Crippen molar-refractivity contribution in [3.05, 3.63) is 17.7 Å². The summed E-state index contributed by atoms with van der Waals surface area (Å²) in [4.78, 5) is 25.5. The molecule has 1 atom stereocenters. The second-order valence-corrected chi connectivity index (χ2v) is 5.62. The molecule has 1 aromatic rings. The van der Waals surface area contributed by atoms with Crippen molar-refractivity contribution in [2.45, 2.75) is 32.4 Å². The maximum atomic E-state index is 12.3. The number of likely N-dealkylation sites (tertiary alicyclic amines) is 1. The zero-order valence-electron chi connectivity index (χ0n) is 13.3. The third-order valence-corrected chi connectivity index (χ3v) is 4.14. The van der Waals surface area contributed by atoms with Crippen LogP contribution in [0.4, 0.5) is 0 Å². The van der Waals surface area contributed by atoms with Crippen LogP contribution in [-0.4, -0.2) is 43.2 Å². The highest BCUT2D eigenvalue weighted by Gasteiger charge is 2.32. The van der Waals surface area contributed by atoms with Gasteiger partial charge in [0.25, 0.3) is 0 Å². The number of fused-ring (bicyclic) bond motifs is 1. The molecule has 1 aromatic carbocycles. The minimum absolute atomic E-state index is 0.0626. The molecule has 7 heteroatoms. The van der Waals surface area contributed by atoms with Crippen LogP contribution in [0.25, 0.3) is 0 Å². The molecular formula is C16H20N2O5. The van der Waals surface area contributed by atoms with Crippen LogP contribution in [0.3, 0.4) is 0 Å². The van der Waals surface area contributed by atoms with Crippen LogP contribution >= 0.6 is 0 Å². The average molecular weight is 320 g/mol. The number of hydrogen-bond acceptors (Lipinski definition) is 5. The minimum atomic E-state index is -0.372. The lowest BCUT2D eigenvalue weighted by molar-refractivity contribution is -0.136. The van der Waals surface area contributed by atoms with Gasteiger partial charge in [-0.15, -0.1) is 0 Å². The van der Waals surface area contributed by atoms with E-state index in [1.54, 1.807) is 12.0 Å². The second kappa shape index (κ2) is 6.36. The predicted octanol–water partition coefficient (Wildman–Crippen LogP) is 1.05. The van der Waals surface area contributed by atoms with Gasteiger partial charge in [0.2, 0.25) is 24.4 Å². The number of nitrogens with one attached hydrogen (secondary N) is 1. The molecule has 1 N–H and O–H groups in total. The molecule has 1 fully saturated rings.